The Bertz CT molecular complexity index is 739. The van der Waals surface area contributed by atoms with Gasteiger partial charge in [0.05, 0.1) is 13.2 Å². The third kappa shape index (κ3) is 34.3. The lowest BCUT2D eigenvalue weighted by Crippen LogP contribution is -2.27. The van der Waals surface area contributed by atoms with Crippen molar-refractivity contribution in [3.63, 3.8) is 0 Å². The molecule has 2 unspecified atom stereocenters. The predicted molar refractivity (Wildman–Crippen MR) is 188 cm³/mol. The number of nitrogens with one attached hydrogen (secondary N) is 1. The molecule has 46 heavy (non-hydrogen) atoms. The minimum atomic E-state index is -4.38. The fourth-order valence-corrected chi connectivity index (χ4v) is 6.12. The van der Waals surface area contributed by atoms with Crippen molar-refractivity contribution in [2.75, 3.05) is 26.4 Å². The van der Waals surface area contributed by atoms with E-state index in [1.54, 1.807) is 0 Å². The highest BCUT2D eigenvalue weighted by atomic mass is 31.2. The monoisotopic (exact) mass is 677 g/mol. The molecule has 10 heteroatoms. The summed E-state index contributed by atoms with van der Waals surface area (Å²) in [7, 11) is -4.38. The Morgan fingerprint density at radius 3 is 1.43 bits per heavy atom. The zero-order chi connectivity index (χ0) is 34.0. The number of unbranched alkanes of at least 4 members (excludes halogenated alkanes) is 23. The molecule has 0 bridgehead atoms. The van der Waals surface area contributed by atoms with Gasteiger partial charge in [0.25, 0.3) is 0 Å². The Hall–Kier alpha value is -0.990. The van der Waals surface area contributed by atoms with E-state index in [4.69, 9.17) is 13.8 Å². The fraction of sp³-hybridized carbons (Fsp3) is 0.944. The Labute approximate surface area is 282 Å². The molecule has 0 aromatic carbocycles. The summed E-state index contributed by atoms with van der Waals surface area (Å²) in [5.41, 5.74) is 0. The Kier molecular flexibility index (Phi) is 33.2. The van der Waals surface area contributed by atoms with Crippen molar-refractivity contribution in [1.82, 2.24) is 5.32 Å². The highest BCUT2D eigenvalue weighted by Gasteiger charge is 2.23. The molecule has 0 aliphatic heterocycles. The third-order valence-electron chi connectivity index (χ3n) is 8.29. The van der Waals surface area contributed by atoms with Crippen LogP contribution in [0.25, 0.3) is 0 Å². The molecule has 0 aliphatic rings. The van der Waals surface area contributed by atoms with E-state index in [-0.39, 0.29) is 25.7 Å². The van der Waals surface area contributed by atoms with Gasteiger partial charge in [0.2, 0.25) is 5.91 Å². The van der Waals surface area contributed by atoms with Gasteiger partial charge < -0.3 is 20.1 Å². The van der Waals surface area contributed by atoms with Crippen LogP contribution in [0.15, 0.2) is 0 Å². The van der Waals surface area contributed by atoms with Crippen LogP contribution < -0.4 is 5.32 Å². The highest BCUT2D eigenvalue weighted by Crippen LogP contribution is 2.42. The number of aliphatic hydroxyl groups is 1. The Morgan fingerprint density at radius 2 is 1.00 bits per heavy atom. The van der Waals surface area contributed by atoms with E-state index < -0.39 is 26.5 Å². The van der Waals surface area contributed by atoms with Gasteiger partial charge in [-0.2, -0.15) is 0 Å². The van der Waals surface area contributed by atoms with Crippen LogP contribution in [0, 0.1) is 0 Å². The van der Waals surface area contributed by atoms with Gasteiger partial charge >= 0.3 is 13.8 Å². The van der Waals surface area contributed by atoms with Crippen LogP contribution in [0.3, 0.4) is 0 Å². The van der Waals surface area contributed by atoms with E-state index in [9.17, 15) is 24.2 Å². The zero-order valence-electron chi connectivity index (χ0n) is 29.8. The van der Waals surface area contributed by atoms with Gasteiger partial charge in [-0.25, -0.2) is 4.57 Å². The SMILES string of the molecule is CCCCCCCCCCCCCCCCCCCCCCCCCC(=O)OCC(O)COP(=O)(O)OCCNC(=O)CCCC. The number of carbonyl (C=O) groups excluding carboxylic acids is 2. The smallest absolute Gasteiger partial charge is 0.463 e. The van der Waals surface area contributed by atoms with Gasteiger partial charge in [-0.1, -0.05) is 162 Å². The second-order valence-corrected chi connectivity index (χ2v) is 14.4. The predicted octanol–water partition coefficient (Wildman–Crippen LogP) is 9.71. The largest absolute Gasteiger partial charge is 0.472 e. The number of rotatable bonds is 36. The number of phosphoric acid groups is 1. The van der Waals surface area contributed by atoms with Crippen LogP contribution in [0.1, 0.15) is 187 Å². The third-order valence-corrected chi connectivity index (χ3v) is 9.27. The summed E-state index contributed by atoms with van der Waals surface area (Å²) in [5, 5.41) is 12.5. The molecule has 0 spiro atoms. The van der Waals surface area contributed by atoms with Crippen molar-refractivity contribution < 1.29 is 37.9 Å². The zero-order valence-corrected chi connectivity index (χ0v) is 30.7. The van der Waals surface area contributed by atoms with E-state index in [1.165, 1.54) is 128 Å². The Morgan fingerprint density at radius 1 is 0.587 bits per heavy atom. The molecule has 9 nitrogen and oxygen atoms in total. The normalized spacial score (nSPS) is 13.4. The second-order valence-electron chi connectivity index (χ2n) is 12.9. The minimum Gasteiger partial charge on any atom is -0.463 e. The van der Waals surface area contributed by atoms with Crippen LogP contribution in [-0.4, -0.2) is 54.3 Å². The van der Waals surface area contributed by atoms with Crippen LogP contribution >= 0.6 is 7.82 Å². The molecule has 0 heterocycles. The first kappa shape index (κ1) is 45.0. The molecule has 0 saturated carbocycles. The average Bonchev–Trinajstić information content (AvgIpc) is 3.04. The number of ether oxygens (including phenoxy) is 1. The fourth-order valence-electron chi connectivity index (χ4n) is 5.36. The van der Waals surface area contributed by atoms with Crippen LogP contribution in [0.4, 0.5) is 0 Å². The molecule has 0 aromatic heterocycles. The standard InChI is InChI=1S/C36H72NO8P/c1-3-5-7-8-9-10-11-12-13-14-15-16-17-18-19-20-21-22-23-24-25-26-27-29-36(40)43-32-34(38)33-45-46(41,42)44-31-30-37-35(39)28-6-4-2/h34,38H,3-33H2,1-2H3,(H,37,39)(H,41,42). The summed E-state index contributed by atoms with van der Waals surface area (Å²) in [6.07, 6.45) is 31.6. The summed E-state index contributed by atoms with van der Waals surface area (Å²) < 4.78 is 26.4. The summed E-state index contributed by atoms with van der Waals surface area (Å²) in [6, 6.07) is 0. The maximum Gasteiger partial charge on any atom is 0.472 e. The lowest BCUT2D eigenvalue weighted by molar-refractivity contribution is -0.147. The van der Waals surface area contributed by atoms with Gasteiger partial charge in [-0.3, -0.25) is 18.6 Å². The van der Waals surface area contributed by atoms with Crippen LogP contribution in [-0.2, 0) is 27.9 Å². The van der Waals surface area contributed by atoms with Crippen molar-refractivity contribution in [2.24, 2.45) is 0 Å². The van der Waals surface area contributed by atoms with Crippen molar-refractivity contribution in [1.29, 1.82) is 0 Å². The molecular weight excluding hydrogens is 605 g/mol. The Balaban J connectivity index is 3.43. The molecule has 1 amide bonds. The van der Waals surface area contributed by atoms with Gasteiger partial charge in [0.15, 0.2) is 0 Å². The van der Waals surface area contributed by atoms with Crippen molar-refractivity contribution in [3.05, 3.63) is 0 Å². The van der Waals surface area contributed by atoms with Crippen molar-refractivity contribution in [3.8, 4) is 0 Å². The van der Waals surface area contributed by atoms with Gasteiger partial charge in [0, 0.05) is 19.4 Å². The number of phosphoric ester groups is 1. The number of amides is 1. The van der Waals surface area contributed by atoms with E-state index >= 15 is 0 Å². The molecule has 0 aromatic rings. The number of carbonyl (C=O) groups is 2. The van der Waals surface area contributed by atoms with Crippen LogP contribution in [0.2, 0.25) is 0 Å². The molecular formula is C36H72NO8P. The van der Waals surface area contributed by atoms with Gasteiger partial charge in [0.1, 0.15) is 12.7 Å². The van der Waals surface area contributed by atoms with Crippen molar-refractivity contribution in [2.45, 2.75) is 193 Å². The van der Waals surface area contributed by atoms with Crippen molar-refractivity contribution >= 4 is 19.7 Å². The summed E-state index contributed by atoms with van der Waals surface area (Å²) in [4.78, 5) is 33.1. The molecule has 0 rings (SSSR count). The minimum absolute atomic E-state index is 0.0796. The van der Waals surface area contributed by atoms with E-state index in [2.05, 4.69) is 12.2 Å². The van der Waals surface area contributed by atoms with E-state index in [0.717, 1.165) is 32.1 Å². The lowest BCUT2D eigenvalue weighted by atomic mass is 10.0. The number of hydrogen-bond donors (Lipinski definition) is 3. The number of esters is 1. The quantitative estimate of drug-likeness (QED) is 0.0339. The molecule has 0 radical (unpaired) electrons. The van der Waals surface area contributed by atoms with E-state index in [1.807, 2.05) is 6.92 Å². The molecule has 0 fully saturated rings. The summed E-state index contributed by atoms with van der Waals surface area (Å²) >= 11 is 0. The lowest BCUT2D eigenvalue weighted by Gasteiger charge is -2.15. The molecule has 3 N–H and O–H groups in total. The van der Waals surface area contributed by atoms with Gasteiger partial charge in [-0.05, 0) is 12.8 Å². The first-order chi connectivity index (χ1) is 22.3. The number of hydrogen-bond acceptors (Lipinski definition) is 7. The first-order valence-electron chi connectivity index (χ1n) is 19.0. The second kappa shape index (κ2) is 33.9. The van der Waals surface area contributed by atoms with Gasteiger partial charge in [-0.15, -0.1) is 0 Å². The molecule has 2 atom stereocenters. The topological polar surface area (TPSA) is 131 Å². The molecule has 0 aliphatic carbocycles. The summed E-state index contributed by atoms with van der Waals surface area (Å²) in [6.45, 7) is 3.32. The molecule has 0 saturated heterocycles. The molecule has 274 valence electrons. The highest BCUT2D eigenvalue weighted by molar-refractivity contribution is 7.47. The van der Waals surface area contributed by atoms with Crippen LogP contribution in [0.5, 0.6) is 0 Å². The van der Waals surface area contributed by atoms with E-state index in [0.29, 0.717) is 12.8 Å². The maximum absolute atomic E-state index is 11.9. The first-order valence-corrected chi connectivity index (χ1v) is 20.5. The average molecular weight is 678 g/mol. The summed E-state index contributed by atoms with van der Waals surface area (Å²) in [5.74, 6) is -0.544. The number of aliphatic hydroxyl groups excluding tert-OH is 1. The maximum atomic E-state index is 11.9.